The molecule has 1 amide bonds. The summed E-state index contributed by atoms with van der Waals surface area (Å²) in [6, 6.07) is 10.1. The van der Waals surface area contributed by atoms with Gasteiger partial charge in [0.2, 0.25) is 0 Å². The Morgan fingerprint density at radius 2 is 1.77 bits per heavy atom. The Labute approximate surface area is 155 Å². The van der Waals surface area contributed by atoms with Crippen LogP contribution in [0, 0.1) is 6.92 Å². The summed E-state index contributed by atoms with van der Waals surface area (Å²) >= 11 is 0. The van der Waals surface area contributed by atoms with E-state index in [2.05, 4.69) is 49.8 Å². The highest BCUT2D eigenvalue weighted by Gasteiger charge is 2.13. The smallest absolute Gasteiger partial charge is 0.270 e. The first kappa shape index (κ1) is 18.2. The van der Waals surface area contributed by atoms with Crippen molar-refractivity contribution in [1.82, 2.24) is 15.3 Å². The molecule has 2 heterocycles. The summed E-state index contributed by atoms with van der Waals surface area (Å²) in [6.07, 6.45) is 3.86. The molecular formula is C20H27N5O. The van der Waals surface area contributed by atoms with Gasteiger partial charge in [0.1, 0.15) is 17.3 Å². The number of piperidine rings is 1. The summed E-state index contributed by atoms with van der Waals surface area (Å²) in [7, 11) is 0. The largest absolute Gasteiger partial charge is 0.372 e. The lowest BCUT2D eigenvalue weighted by atomic mass is 10.1. The fourth-order valence-corrected chi connectivity index (χ4v) is 3.14. The lowest BCUT2D eigenvalue weighted by Crippen LogP contribution is -2.31. The maximum atomic E-state index is 12.2. The van der Waals surface area contributed by atoms with Crippen molar-refractivity contribution >= 4 is 23.1 Å². The molecule has 138 valence electrons. The van der Waals surface area contributed by atoms with Crippen LogP contribution < -0.4 is 15.5 Å². The van der Waals surface area contributed by atoms with Crippen LogP contribution in [0.2, 0.25) is 0 Å². The van der Waals surface area contributed by atoms with E-state index in [0.29, 0.717) is 17.3 Å². The first-order valence-corrected chi connectivity index (χ1v) is 9.30. The Hall–Kier alpha value is -2.63. The number of hydrogen-bond acceptors (Lipinski definition) is 5. The van der Waals surface area contributed by atoms with Crippen molar-refractivity contribution in [3.05, 3.63) is 41.9 Å². The molecule has 1 aromatic carbocycles. The summed E-state index contributed by atoms with van der Waals surface area (Å²) < 4.78 is 0. The molecule has 0 unspecified atom stereocenters. The zero-order valence-electron chi connectivity index (χ0n) is 15.7. The second-order valence-corrected chi connectivity index (χ2v) is 7.03. The Balaban J connectivity index is 1.72. The number of aromatic nitrogens is 2. The van der Waals surface area contributed by atoms with E-state index in [-0.39, 0.29) is 11.9 Å². The maximum absolute atomic E-state index is 12.2. The summed E-state index contributed by atoms with van der Waals surface area (Å²) in [6.45, 7) is 7.90. The normalized spacial score (nSPS) is 14.4. The molecule has 2 N–H and O–H groups in total. The van der Waals surface area contributed by atoms with E-state index in [4.69, 9.17) is 0 Å². The number of carbonyl (C=O) groups is 1. The lowest BCUT2D eigenvalue weighted by molar-refractivity contribution is 0.0937. The molecular weight excluding hydrogens is 326 g/mol. The highest BCUT2D eigenvalue weighted by atomic mass is 16.1. The van der Waals surface area contributed by atoms with Crippen molar-refractivity contribution in [3.8, 4) is 0 Å². The summed E-state index contributed by atoms with van der Waals surface area (Å²) in [5, 5.41) is 6.13. The fourth-order valence-electron chi connectivity index (χ4n) is 3.14. The first-order valence-electron chi connectivity index (χ1n) is 9.30. The Bertz CT molecular complexity index is 751. The van der Waals surface area contributed by atoms with Crippen molar-refractivity contribution in [2.24, 2.45) is 0 Å². The first-order chi connectivity index (χ1) is 12.5. The van der Waals surface area contributed by atoms with Crippen molar-refractivity contribution in [1.29, 1.82) is 0 Å². The van der Waals surface area contributed by atoms with Gasteiger partial charge in [-0.2, -0.15) is 0 Å². The standard InChI is InChI=1S/C20H27N5O/c1-14(2)21-20(26)18-13-19(23-15(3)22-18)24-16-7-9-17(10-8-16)25-11-5-4-6-12-25/h7-10,13-14H,4-6,11-12H2,1-3H3,(H,21,26)(H,22,23,24). The minimum absolute atomic E-state index is 0.0662. The SMILES string of the molecule is Cc1nc(Nc2ccc(N3CCCCC3)cc2)cc(C(=O)NC(C)C)n1. The number of nitrogens with zero attached hydrogens (tertiary/aromatic N) is 3. The van der Waals surface area contributed by atoms with Gasteiger partial charge >= 0.3 is 0 Å². The van der Waals surface area contributed by atoms with Crippen LogP contribution in [0.3, 0.4) is 0 Å². The number of nitrogens with one attached hydrogen (secondary N) is 2. The molecule has 2 aromatic rings. The molecule has 0 aliphatic carbocycles. The van der Waals surface area contributed by atoms with E-state index in [1.165, 1.54) is 24.9 Å². The molecule has 1 fully saturated rings. The molecule has 1 aliphatic heterocycles. The molecule has 1 saturated heterocycles. The molecule has 1 aromatic heterocycles. The van der Waals surface area contributed by atoms with Gasteiger partial charge < -0.3 is 15.5 Å². The summed E-state index contributed by atoms with van der Waals surface area (Å²) in [5.74, 6) is 1.000. The third-order valence-electron chi connectivity index (χ3n) is 4.35. The summed E-state index contributed by atoms with van der Waals surface area (Å²) in [5.41, 5.74) is 2.57. The van der Waals surface area contributed by atoms with E-state index in [1.807, 2.05) is 13.8 Å². The second-order valence-electron chi connectivity index (χ2n) is 7.03. The van der Waals surface area contributed by atoms with Crippen LogP contribution in [0.5, 0.6) is 0 Å². The van der Waals surface area contributed by atoms with Crippen LogP contribution in [-0.4, -0.2) is 35.0 Å². The van der Waals surface area contributed by atoms with Crippen LogP contribution in [0.4, 0.5) is 17.2 Å². The second kappa shape index (κ2) is 8.17. The van der Waals surface area contributed by atoms with Gasteiger partial charge in [-0.15, -0.1) is 0 Å². The maximum Gasteiger partial charge on any atom is 0.270 e. The van der Waals surface area contributed by atoms with Crippen LogP contribution in [-0.2, 0) is 0 Å². The van der Waals surface area contributed by atoms with Crippen LogP contribution in [0.25, 0.3) is 0 Å². The van der Waals surface area contributed by atoms with E-state index >= 15 is 0 Å². The van der Waals surface area contributed by atoms with Gasteiger partial charge in [-0.1, -0.05) is 0 Å². The predicted molar refractivity (Wildman–Crippen MR) is 105 cm³/mol. The zero-order valence-corrected chi connectivity index (χ0v) is 15.7. The van der Waals surface area contributed by atoms with Gasteiger partial charge in [-0.05, 0) is 64.3 Å². The Kier molecular flexibility index (Phi) is 5.71. The molecule has 0 atom stereocenters. The van der Waals surface area contributed by atoms with Gasteiger partial charge in [0.25, 0.3) is 5.91 Å². The number of rotatable bonds is 5. The minimum atomic E-state index is -0.186. The number of hydrogen-bond donors (Lipinski definition) is 2. The van der Waals surface area contributed by atoms with E-state index < -0.39 is 0 Å². The Morgan fingerprint density at radius 1 is 1.08 bits per heavy atom. The topological polar surface area (TPSA) is 70.2 Å². The van der Waals surface area contributed by atoms with Crippen molar-refractivity contribution in [2.45, 2.75) is 46.1 Å². The van der Waals surface area contributed by atoms with Crippen molar-refractivity contribution < 1.29 is 4.79 Å². The molecule has 26 heavy (non-hydrogen) atoms. The fraction of sp³-hybridized carbons (Fsp3) is 0.450. The highest BCUT2D eigenvalue weighted by molar-refractivity contribution is 5.93. The van der Waals surface area contributed by atoms with Gasteiger partial charge in [-0.3, -0.25) is 4.79 Å². The molecule has 1 aliphatic rings. The number of aryl methyl sites for hydroxylation is 1. The van der Waals surface area contributed by atoms with Gasteiger partial charge in [0, 0.05) is 36.6 Å². The predicted octanol–water partition coefficient (Wildman–Crippen LogP) is 3.66. The number of amides is 1. The monoisotopic (exact) mass is 353 g/mol. The molecule has 0 radical (unpaired) electrons. The highest BCUT2D eigenvalue weighted by Crippen LogP contribution is 2.23. The molecule has 6 heteroatoms. The van der Waals surface area contributed by atoms with E-state index in [9.17, 15) is 4.79 Å². The number of anilines is 3. The third kappa shape index (κ3) is 4.71. The molecule has 0 saturated carbocycles. The van der Waals surface area contributed by atoms with E-state index in [1.54, 1.807) is 13.0 Å². The third-order valence-corrected chi connectivity index (χ3v) is 4.35. The van der Waals surface area contributed by atoms with Crippen molar-refractivity contribution in [2.75, 3.05) is 23.3 Å². The number of benzene rings is 1. The summed E-state index contributed by atoms with van der Waals surface area (Å²) in [4.78, 5) is 23.2. The Morgan fingerprint density at radius 3 is 2.42 bits per heavy atom. The van der Waals surface area contributed by atoms with Crippen LogP contribution >= 0.6 is 0 Å². The zero-order chi connectivity index (χ0) is 18.5. The van der Waals surface area contributed by atoms with Gasteiger partial charge in [0.15, 0.2) is 0 Å². The average molecular weight is 353 g/mol. The van der Waals surface area contributed by atoms with E-state index in [0.717, 1.165) is 18.8 Å². The van der Waals surface area contributed by atoms with Gasteiger partial charge in [0.05, 0.1) is 0 Å². The molecule has 3 rings (SSSR count). The van der Waals surface area contributed by atoms with Crippen molar-refractivity contribution in [3.63, 3.8) is 0 Å². The minimum Gasteiger partial charge on any atom is -0.372 e. The quantitative estimate of drug-likeness (QED) is 0.858. The molecule has 0 spiro atoms. The van der Waals surface area contributed by atoms with Gasteiger partial charge in [-0.25, -0.2) is 9.97 Å². The van der Waals surface area contributed by atoms with Crippen LogP contribution in [0.1, 0.15) is 49.4 Å². The molecule has 6 nitrogen and oxygen atoms in total. The van der Waals surface area contributed by atoms with Crippen LogP contribution in [0.15, 0.2) is 30.3 Å². The average Bonchev–Trinajstić information content (AvgIpc) is 2.62. The number of carbonyl (C=O) groups excluding carboxylic acids is 1. The lowest BCUT2D eigenvalue weighted by Gasteiger charge is -2.28. The molecule has 0 bridgehead atoms.